The number of hydrogen-bond donors (Lipinski definition) is 0. The number of hydrogen-bond acceptors (Lipinski definition) is 2. The molecule has 1 rings (SSSR count). The predicted molar refractivity (Wildman–Crippen MR) is 83.7 cm³/mol. The summed E-state index contributed by atoms with van der Waals surface area (Å²) in [6.07, 6.45) is 4.17. The highest BCUT2D eigenvalue weighted by Gasteiger charge is 2.19. The highest BCUT2D eigenvalue weighted by Crippen LogP contribution is 2.24. The third-order valence-electron chi connectivity index (χ3n) is 3.24. The predicted octanol–water partition coefficient (Wildman–Crippen LogP) is 4.39. The lowest BCUT2D eigenvalue weighted by Gasteiger charge is -2.23. The molecule has 0 aliphatic carbocycles. The topological polar surface area (TPSA) is 29.5 Å². The van der Waals surface area contributed by atoms with E-state index in [1.54, 1.807) is 25.3 Å². The van der Waals surface area contributed by atoms with Crippen LogP contribution in [0.2, 0.25) is 5.02 Å². The van der Waals surface area contributed by atoms with Crippen molar-refractivity contribution in [1.29, 1.82) is 0 Å². The Morgan fingerprint density at radius 1 is 1.20 bits per heavy atom. The summed E-state index contributed by atoms with van der Waals surface area (Å²) in [6.45, 7) is 5.82. The van der Waals surface area contributed by atoms with E-state index in [-0.39, 0.29) is 5.91 Å². The molecule has 0 N–H and O–H groups in total. The SMILES string of the molecule is CCCCN(CCCC)C(=O)c1cc(Cl)ccc1OC. The van der Waals surface area contributed by atoms with E-state index in [4.69, 9.17) is 16.3 Å². The van der Waals surface area contributed by atoms with Crippen LogP contribution < -0.4 is 4.74 Å². The van der Waals surface area contributed by atoms with Crippen LogP contribution in [-0.4, -0.2) is 31.0 Å². The van der Waals surface area contributed by atoms with Crippen molar-refractivity contribution in [3.8, 4) is 5.75 Å². The second kappa shape index (κ2) is 8.85. The van der Waals surface area contributed by atoms with Gasteiger partial charge in [-0.2, -0.15) is 0 Å². The maximum atomic E-state index is 12.7. The zero-order valence-electron chi connectivity index (χ0n) is 12.6. The lowest BCUT2D eigenvalue weighted by molar-refractivity contribution is 0.0747. The average molecular weight is 298 g/mol. The molecule has 0 unspecified atom stereocenters. The van der Waals surface area contributed by atoms with Gasteiger partial charge in [0, 0.05) is 18.1 Å². The Hall–Kier alpha value is -1.22. The van der Waals surface area contributed by atoms with Gasteiger partial charge in [0.15, 0.2) is 0 Å². The molecule has 1 aromatic carbocycles. The highest BCUT2D eigenvalue weighted by atomic mass is 35.5. The van der Waals surface area contributed by atoms with E-state index in [0.717, 1.165) is 38.8 Å². The fourth-order valence-electron chi connectivity index (χ4n) is 2.03. The second-order valence-corrected chi connectivity index (χ2v) is 5.28. The van der Waals surface area contributed by atoms with Gasteiger partial charge in [-0.15, -0.1) is 0 Å². The molecule has 0 saturated carbocycles. The Balaban J connectivity index is 2.94. The Bertz CT molecular complexity index is 426. The normalized spacial score (nSPS) is 10.4. The van der Waals surface area contributed by atoms with E-state index in [9.17, 15) is 4.79 Å². The molecule has 3 nitrogen and oxygen atoms in total. The third-order valence-corrected chi connectivity index (χ3v) is 3.48. The molecule has 0 bridgehead atoms. The van der Waals surface area contributed by atoms with Gasteiger partial charge in [-0.3, -0.25) is 4.79 Å². The molecule has 0 heterocycles. The number of unbranched alkanes of at least 4 members (excludes halogenated alkanes) is 2. The standard InChI is InChI=1S/C16H24ClNO2/c1-4-6-10-18(11-7-5-2)16(19)14-12-13(17)8-9-15(14)20-3/h8-9,12H,4-7,10-11H2,1-3H3. The molecule has 0 aromatic heterocycles. The molecule has 1 amide bonds. The van der Waals surface area contributed by atoms with E-state index in [2.05, 4.69) is 13.8 Å². The summed E-state index contributed by atoms with van der Waals surface area (Å²) in [5.74, 6) is 0.587. The Morgan fingerprint density at radius 2 is 1.80 bits per heavy atom. The Morgan fingerprint density at radius 3 is 2.30 bits per heavy atom. The summed E-state index contributed by atoms with van der Waals surface area (Å²) in [5.41, 5.74) is 0.548. The zero-order valence-corrected chi connectivity index (χ0v) is 13.4. The number of nitrogens with zero attached hydrogens (tertiary/aromatic N) is 1. The van der Waals surface area contributed by atoms with Gasteiger partial charge in [0.05, 0.1) is 12.7 Å². The summed E-state index contributed by atoms with van der Waals surface area (Å²) in [6, 6.07) is 5.17. The lowest BCUT2D eigenvalue weighted by Crippen LogP contribution is -2.33. The number of carbonyl (C=O) groups excluding carboxylic acids is 1. The zero-order chi connectivity index (χ0) is 15.0. The van der Waals surface area contributed by atoms with Gasteiger partial charge in [0.25, 0.3) is 5.91 Å². The first-order valence-corrected chi connectivity index (χ1v) is 7.64. The molecule has 0 atom stereocenters. The maximum Gasteiger partial charge on any atom is 0.257 e. The third kappa shape index (κ3) is 4.71. The molecule has 0 saturated heterocycles. The van der Waals surface area contributed by atoms with Crippen LogP contribution in [0.25, 0.3) is 0 Å². The van der Waals surface area contributed by atoms with Crippen molar-refractivity contribution in [2.45, 2.75) is 39.5 Å². The van der Waals surface area contributed by atoms with Gasteiger partial charge >= 0.3 is 0 Å². The van der Waals surface area contributed by atoms with Gasteiger partial charge in [-0.05, 0) is 31.0 Å². The molecular formula is C16H24ClNO2. The Labute approximate surface area is 126 Å². The van der Waals surface area contributed by atoms with Gasteiger partial charge in [-0.1, -0.05) is 38.3 Å². The van der Waals surface area contributed by atoms with Gasteiger partial charge in [0.1, 0.15) is 5.75 Å². The fourth-order valence-corrected chi connectivity index (χ4v) is 2.20. The van der Waals surface area contributed by atoms with Crippen LogP contribution >= 0.6 is 11.6 Å². The van der Waals surface area contributed by atoms with E-state index < -0.39 is 0 Å². The largest absolute Gasteiger partial charge is 0.496 e. The number of halogens is 1. The molecule has 1 aromatic rings. The van der Waals surface area contributed by atoms with Gasteiger partial charge in [0.2, 0.25) is 0 Å². The van der Waals surface area contributed by atoms with Crippen LogP contribution in [0.1, 0.15) is 49.9 Å². The lowest BCUT2D eigenvalue weighted by atomic mass is 10.1. The van der Waals surface area contributed by atoms with Gasteiger partial charge < -0.3 is 9.64 Å². The number of benzene rings is 1. The first kappa shape index (κ1) is 16.8. The van der Waals surface area contributed by atoms with Crippen molar-refractivity contribution in [2.75, 3.05) is 20.2 Å². The number of ether oxygens (including phenoxy) is 1. The molecule has 20 heavy (non-hydrogen) atoms. The van der Waals surface area contributed by atoms with Crippen LogP contribution in [0, 0.1) is 0 Å². The van der Waals surface area contributed by atoms with E-state index in [0.29, 0.717) is 16.3 Å². The van der Waals surface area contributed by atoms with Crippen molar-refractivity contribution in [2.24, 2.45) is 0 Å². The maximum absolute atomic E-state index is 12.7. The van der Waals surface area contributed by atoms with Gasteiger partial charge in [-0.25, -0.2) is 0 Å². The van der Waals surface area contributed by atoms with Crippen molar-refractivity contribution in [3.63, 3.8) is 0 Å². The van der Waals surface area contributed by atoms with Crippen LogP contribution in [0.5, 0.6) is 5.75 Å². The van der Waals surface area contributed by atoms with E-state index >= 15 is 0 Å². The summed E-state index contributed by atoms with van der Waals surface area (Å²) >= 11 is 6.00. The summed E-state index contributed by atoms with van der Waals surface area (Å²) in [7, 11) is 1.57. The van der Waals surface area contributed by atoms with Crippen LogP contribution in [0.4, 0.5) is 0 Å². The van der Waals surface area contributed by atoms with Crippen molar-refractivity contribution < 1.29 is 9.53 Å². The molecule has 112 valence electrons. The monoisotopic (exact) mass is 297 g/mol. The average Bonchev–Trinajstić information content (AvgIpc) is 2.46. The molecular weight excluding hydrogens is 274 g/mol. The first-order valence-electron chi connectivity index (χ1n) is 7.26. The number of methoxy groups -OCH3 is 1. The summed E-state index contributed by atoms with van der Waals surface area (Å²) < 4.78 is 5.27. The minimum atomic E-state index is 0.00579. The molecule has 0 aliphatic rings. The van der Waals surface area contributed by atoms with E-state index in [1.807, 2.05) is 4.90 Å². The number of rotatable bonds is 8. The van der Waals surface area contributed by atoms with Crippen molar-refractivity contribution in [3.05, 3.63) is 28.8 Å². The summed E-state index contributed by atoms with van der Waals surface area (Å²) in [4.78, 5) is 14.6. The summed E-state index contributed by atoms with van der Waals surface area (Å²) in [5, 5.41) is 0.556. The quantitative estimate of drug-likeness (QED) is 0.712. The molecule has 4 heteroatoms. The minimum absolute atomic E-state index is 0.00579. The van der Waals surface area contributed by atoms with E-state index in [1.165, 1.54) is 0 Å². The van der Waals surface area contributed by atoms with Crippen molar-refractivity contribution in [1.82, 2.24) is 4.90 Å². The van der Waals surface area contributed by atoms with Crippen LogP contribution in [0.3, 0.4) is 0 Å². The molecule has 0 spiro atoms. The van der Waals surface area contributed by atoms with Crippen LogP contribution in [-0.2, 0) is 0 Å². The number of amides is 1. The fraction of sp³-hybridized carbons (Fsp3) is 0.562. The molecule has 0 aliphatic heterocycles. The highest BCUT2D eigenvalue weighted by molar-refractivity contribution is 6.31. The van der Waals surface area contributed by atoms with Crippen LogP contribution in [0.15, 0.2) is 18.2 Å². The molecule has 0 fully saturated rings. The number of carbonyl (C=O) groups is 1. The van der Waals surface area contributed by atoms with Crippen molar-refractivity contribution >= 4 is 17.5 Å². The minimum Gasteiger partial charge on any atom is -0.496 e. The second-order valence-electron chi connectivity index (χ2n) is 4.84. The first-order chi connectivity index (χ1) is 9.63. The molecule has 0 radical (unpaired) electrons. The Kier molecular flexibility index (Phi) is 7.45. The smallest absolute Gasteiger partial charge is 0.257 e.